The van der Waals surface area contributed by atoms with E-state index in [0.717, 1.165) is 37.5 Å². The van der Waals surface area contributed by atoms with Gasteiger partial charge in [-0.15, -0.1) is 0 Å². The van der Waals surface area contributed by atoms with Crippen molar-refractivity contribution < 1.29 is 9.84 Å². The average molecular weight is 259 g/mol. The Morgan fingerprint density at radius 3 is 2.76 bits per heavy atom. The molecule has 0 aromatic heterocycles. The van der Waals surface area contributed by atoms with E-state index in [2.05, 4.69) is 26.1 Å². The molecule has 0 radical (unpaired) electrons. The number of thioether (sulfide) groups is 1. The minimum atomic E-state index is -0.475. The molecule has 2 aliphatic rings. The highest BCUT2D eigenvalue weighted by atomic mass is 32.2. The first kappa shape index (κ1) is 13.7. The molecule has 0 spiro atoms. The molecule has 2 N–H and O–H groups in total. The zero-order valence-corrected chi connectivity index (χ0v) is 12.0. The lowest BCUT2D eigenvalue weighted by Gasteiger charge is -2.52. The van der Waals surface area contributed by atoms with Crippen molar-refractivity contribution >= 4 is 11.8 Å². The van der Waals surface area contributed by atoms with Crippen molar-refractivity contribution in [3.05, 3.63) is 0 Å². The maximum atomic E-state index is 10.3. The minimum Gasteiger partial charge on any atom is -0.388 e. The molecule has 3 nitrogen and oxygen atoms in total. The van der Waals surface area contributed by atoms with Crippen molar-refractivity contribution in [2.24, 2.45) is 5.41 Å². The predicted octanol–water partition coefficient (Wildman–Crippen LogP) is 1.65. The van der Waals surface area contributed by atoms with Crippen molar-refractivity contribution in [1.29, 1.82) is 0 Å². The molecule has 1 heterocycles. The Bertz CT molecular complexity index is 264. The molecule has 2 rings (SSSR count). The van der Waals surface area contributed by atoms with Gasteiger partial charge in [0.15, 0.2) is 0 Å². The molecule has 1 aliphatic carbocycles. The summed E-state index contributed by atoms with van der Waals surface area (Å²) in [6.07, 6.45) is 2.37. The van der Waals surface area contributed by atoms with Crippen LogP contribution in [0.4, 0.5) is 0 Å². The van der Waals surface area contributed by atoms with Crippen LogP contribution in [0.15, 0.2) is 0 Å². The number of nitrogens with one attached hydrogen (secondary N) is 1. The van der Waals surface area contributed by atoms with Crippen LogP contribution in [0.3, 0.4) is 0 Å². The standard InChI is InChI=1S/C13H25NO2S/c1-4-16-11-7-10(12(11,2)3)14-8-13(15)5-6-17-9-13/h10-11,14-15H,4-9H2,1-3H3/t10-,11-,13-/m1/s1. The first-order valence-electron chi connectivity index (χ1n) is 6.63. The van der Waals surface area contributed by atoms with E-state index in [1.165, 1.54) is 0 Å². The number of rotatable bonds is 5. The van der Waals surface area contributed by atoms with Gasteiger partial charge in [-0.25, -0.2) is 0 Å². The average Bonchev–Trinajstić information content (AvgIpc) is 2.70. The molecule has 4 heteroatoms. The highest BCUT2D eigenvalue weighted by Gasteiger charge is 2.49. The summed E-state index contributed by atoms with van der Waals surface area (Å²) >= 11 is 1.85. The molecule has 0 aromatic carbocycles. The van der Waals surface area contributed by atoms with E-state index < -0.39 is 5.60 Å². The first-order valence-corrected chi connectivity index (χ1v) is 7.78. The predicted molar refractivity (Wildman–Crippen MR) is 72.5 cm³/mol. The Morgan fingerprint density at radius 2 is 2.24 bits per heavy atom. The number of hydrogen-bond acceptors (Lipinski definition) is 4. The summed E-state index contributed by atoms with van der Waals surface area (Å²) < 4.78 is 5.71. The van der Waals surface area contributed by atoms with Crippen LogP contribution in [0.25, 0.3) is 0 Å². The molecule has 2 fully saturated rings. The SMILES string of the molecule is CCO[C@@H]1C[C@@H](NC[C@]2(O)CCSC2)C1(C)C. The smallest absolute Gasteiger partial charge is 0.0869 e. The van der Waals surface area contributed by atoms with Crippen LogP contribution in [0, 0.1) is 5.41 Å². The third-order valence-electron chi connectivity index (χ3n) is 4.31. The van der Waals surface area contributed by atoms with Gasteiger partial charge < -0.3 is 15.2 Å². The summed E-state index contributed by atoms with van der Waals surface area (Å²) in [7, 11) is 0. The van der Waals surface area contributed by atoms with E-state index in [0.29, 0.717) is 12.1 Å². The Balaban J connectivity index is 1.78. The van der Waals surface area contributed by atoms with Gasteiger partial charge in [-0.2, -0.15) is 11.8 Å². The summed E-state index contributed by atoms with van der Waals surface area (Å²) in [5, 5.41) is 13.8. The van der Waals surface area contributed by atoms with E-state index >= 15 is 0 Å². The zero-order chi connectivity index (χ0) is 12.5. The monoisotopic (exact) mass is 259 g/mol. The van der Waals surface area contributed by atoms with Crippen LogP contribution in [0.5, 0.6) is 0 Å². The molecular weight excluding hydrogens is 234 g/mol. The molecule has 1 saturated heterocycles. The van der Waals surface area contributed by atoms with Gasteiger partial charge in [0, 0.05) is 30.4 Å². The van der Waals surface area contributed by atoms with Crippen molar-refractivity contribution in [3.63, 3.8) is 0 Å². The number of hydrogen-bond donors (Lipinski definition) is 2. The van der Waals surface area contributed by atoms with Crippen LogP contribution in [0.2, 0.25) is 0 Å². The molecule has 1 saturated carbocycles. The summed E-state index contributed by atoms with van der Waals surface area (Å²) in [4.78, 5) is 0. The zero-order valence-electron chi connectivity index (χ0n) is 11.2. The van der Waals surface area contributed by atoms with Crippen molar-refractivity contribution in [2.75, 3.05) is 24.7 Å². The molecule has 0 amide bonds. The second kappa shape index (κ2) is 5.08. The quantitative estimate of drug-likeness (QED) is 0.788. The van der Waals surface area contributed by atoms with Gasteiger partial charge >= 0.3 is 0 Å². The summed E-state index contributed by atoms with van der Waals surface area (Å²) in [5.41, 5.74) is -0.282. The van der Waals surface area contributed by atoms with Gasteiger partial charge in [-0.3, -0.25) is 0 Å². The molecule has 0 unspecified atom stereocenters. The fraction of sp³-hybridized carbons (Fsp3) is 1.00. The van der Waals surface area contributed by atoms with Crippen LogP contribution >= 0.6 is 11.8 Å². The second-order valence-corrected chi connectivity index (χ2v) is 7.07. The Kier molecular flexibility index (Phi) is 4.08. The molecule has 3 atom stereocenters. The Morgan fingerprint density at radius 1 is 1.47 bits per heavy atom. The molecule has 100 valence electrons. The minimum absolute atomic E-state index is 0.193. The van der Waals surface area contributed by atoms with E-state index in [1.807, 2.05) is 11.8 Å². The maximum Gasteiger partial charge on any atom is 0.0869 e. The Labute approximate surface area is 109 Å². The lowest BCUT2D eigenvalue weighted by molar-refractivity contribution is -0.117. The lowest BCUT2D eigenvalue weighted by Crippen LogP contribution is -2.62. The molecule has 0 aromatic rings. The van der Waals surface area contributed by atoms with Crippen LogP contribution in [-0.4, -0.2) is 47.5 Å². The van der Waals surface area contributed by atoms with Gasteiger partial charge in [0.05, 0.1) is 11.7 Å². The number of aliphatic hydroxyl groups is 1. The highest BCUT2D eigenvalue weighted by Crippen LogP contribution is 2.43. The fourth-order valence-corrected chi connectivity index (χ4v) is 4.06. The lowest BCUT2D eigenvalue weighted by atomic mass is 9.64. The molecule has 0 bridgehead atoms. The summed E-state index contributed by atoms with van der Waals surface area (Å²) in [6, 6.07) is 0.480. The van der Waals surface area contributed by atoms with Gasteiger partial charge in [0.2, 0.25) is 0 Å². The third-order valence-corrected chi connectivity index (χ3v) is 5.54. The summed E-state index contributed by atoms with van der Waals surface area (Å²) in [5.74, 6) is 1.97. The molecule has 17 heavy (non-hydrogen) atoms. The van der Waals surface area contributed by atoms with E-state index in [9.17, 15) is 5.11 Å². The van der Waals surface area contributed by atoms with Crippen molar-refractivity contribution in [2.45, 2.75) is 51.4 Å². The van der Waals surface area contributed by atoms with E-state index in [1.54, 1.807) is 0 Å². The summed E-state index contributed by atoms with van der Waals surface area (Å²) in [6.45, 7) is 8.08. The van der Waals surface area contributed by atoms with Crippen molar-refractivity contribution in [3.8, 4) is 0 Å². The van der Waals surface area contributed by atoms with Crippen LogP contribution in [0.1, 0.15) is 33.6 Å². The maximum absolute atomic E-state index is 10.3. The number of ether oxygens (including phenoxy) is 1. The first-order chi connectivity index (χ1) is 7.98. The van der Waals surface area contributed by atoms with E-state index in [-0.39, 0.29) is 5.41 Å². The van der Waals surface area contributed by atoms with Crippen LogP contribution < -0.4 is 5.32 Å². The van der Waals surface area contributed by atoms with Gasteiger partial charge in [0.1, 0.15) is 0 Å². The molecular formula is C13H25NO2S. The van der Waals surface area contributed by atoms with Gasteiger partial charge in [-0.1, -0.05) is 13.8 Å². The largest absolute Gasteiger partial charge is 0.388 e. The van der Waals surface area contributed by atoms with Gasteiger partial charge in [-0.05, 0) is 25.5 Å². The van der Waals surface area contributed by atoms with Gasteiger partial charge in [0.25, 0.3) is 0 Å². The molecule has 1 aliphatic heterocycles. The highest BCUT2D eigenvalue weighted by molar-refractivity contribution is 7.99. The normalized spacial score (nSPS) is 40.2. The van der Waals surface area contributed by atoms with Crippen LogP contribution in [-0.2, 0) is 4.74 Å². The fourth-order valence-electron chi connectivity index (χ4n) is 2.76. The Hall–Kier alpha value is 0.230. The second-order valence-electron chi connectivity index (χ2n) is 5.96. The van der Waals surface area contributed by atoms with E-state index in [4.69, 9.17) is 4.74 Å². The topological polar surface area (TPSA) is 41.5 Å². The van der Waals surface area contributed by atoms with Crippen molar-refractivity contribution in [1.82, 2.24) is 5.32 Å². The third kappa shape index (κ3) is 2.80.